The van der Waals surface area contributed by atoms with Crippen LogP contribution in [0.1, 0.15) is 17.5 Å². The number of nitrogens with zero attached hydrogens (tertiary/aromatic N) is 2. The van der Waals surface area contributed by atoms with E-state index in [1.54, 1.807) is 24.3 Å². The molecule has 0 bridgehead atoms. The highest BCUT2D eigenvalue weighted by atomic mass is 35.5. The molecule has 0 unspecified atom stereocenters. The van der Waals surface area contributed by atoms with E-state index in [1.165, 1.54) is 0 Å². The smallest absolute Gasteiger partial charge is 0.250 e. The van der Waals surface area contributed by atoms with Crippen LogP contribution in [0.4, 0.5) is 5.69 Å². The summed E-state index contributed by atoms with van der Waals surface area (Å²) in [6.45, 7) is 1.66. The first kappa shape index (κ1) is 18.7. The molecule has 1 fully saturated rings. The Balaban J connectivity index is 1.58. The number of rotatable bonds is 6. The van der Waals surface area contributed by atoms with Gasteiger partial charge in [-0.3, -0.25) is 10.0 Å². The minimum atomic E-state index is -0.346. The van der Waals surface area contributed by atoms with Gasteiger partial charge in [0.05, 0.1) is 19.1 Å². The molecule has 1 aliphatic rings. The van der Waals surface area contributed by atoms with Crippen molar-refractivity contribution < 1.29 is 15.1 Å². The maximum absolute atomic E-state index is 12.2. The van der Waals surface area contributed by atoms with E-state index >= 15 is 0 Å². The molecule has 3 rings (SSSR count). The summed E-state index contributed by atoms with van der Waals surface area (Å²) in [4.78, 5) is 14.4. The molecule has 26 heavy (non-hydrogen) atoms. The normalized spacial score (nSPS) is 16.7. The van der Waals surface area contributed by atoms with Gasteiger partial charge in [0.1, 0.15) is 0 Å². The van der Waals surface area contributed by atoms with Crippen molar-refractivity contribution in [3.05, 3.63) is 64.7 Å². The monoisotopic (exact) mass is 374 g/mol. The van der Waals surface area contributed by atoms with Crippen molar-refractivity contribution in [1.82, 2.24) is 5.06 Å². The number of aliphatic hydroxyl groups excluding tert-OH is 1. The zero-order valence-corrected chi connectivity index (χ0v) is 15.3. The summed E-state index contributed by atoms with van der Waals surface area (Å²) in [7, 11) is 0. The van der Waals surface area contributed by atoms with E-state index in [-0.39, 0.29) is 25.0 Å². The Hall–Kier alpha value is -2.08. The predicted molar refractivity (Wildman–Crippen MR) is 102 cm³/mol. The first-order valence-electron chi connectivity index (χ1n) is 8.77. The van der Waals surface area contributed by atoms with Gasteiger partial charge in [0.15, 0.2) is 0 Å². The highest BCUT2D eigenvalue weighted by Gasteiger charge is 2.22. The van der Waals surface area contributed by atoms with Crippen molar-refractivity contribution in [2.75, 3.05) is 24.5 Å². The van der Waals surface area contributed by atoms with Gasteiger partial charge in [-0.1, -0.05) is 41.9 Å². The minimum absolute atomic E-state index is 0.133. The van der Waals surface area contributed by atoms with Crippen LogP contribution in [0.3, 0.4) is 0 Å². The fraction of sp³-hybridized carbons (Fsp3) is 0.350. The highest BCUT2D eigenvalue weighted by molar-refractivity contribution is 6.30. The van der Waals surface area contributed by atoms with Crippen LogP contribution in [-0.2, 0) is 17.6 Å². The third-order valence-electron chi connectivity index (χ3n) is 4.65. The lowest BCUT2D eigenvalue weighted by Gasteiger charge is -2.22. The van der Waals surface area contributed by atoms with Crippen LogP contribution < -0.4 is 4.90 Å². The molecular weight excluding hydrogens is 352 g/mol. The number of β-amino-alcohol motifs (C(OH)–C–C–N with tert-alkyl or cyclic N) is 1. The van der Waals surface area contributed by atoms with E-state index in [1.807, 2.05) is 24.3 Å². The quantitative estimate of drug-likeness (QED) is 0.602. The van der Waals surface area contributed by atoms with Crippen LogP contribution in [0.2, 0.25) is 5.02 Å². The molecule has 0 aliphatic carbocycles. The Morgan fingerprint density at radius 1 is 1.19 bits per heavy atom. The number of para-hydroxylation sites is 1. The second-order valence-electron chi connectivity index (χ2n) is 6.59. The molecule has 0 aromatic heterocycles. The van der Waals surface area contributed by atoms with Crippen molar-refractivity contribution in [2.24, 2.45) is 0 Å². The molecular formula is C20H23ClN2O3. The summed E-state index contributed by atoms with van der Waals surface area (Å²) in [5.74, 6) is -0.346. The number of carbonyl (C=O) groups is 1. The van der Waals surface area contributed by atoms with E-state index in [9.17, 15) is 15.1 Å². The number of hydrogen-bond acceptors (Lipinski definition) is 4. The Morgan fingerprint density at radius 3 is 2.62 bits per heavy atom. The summed E-state index contributed by atoms with van der Waals surface area (Å²) in [5, 5.41) is 21.3. The van der Waals surface area contributed by atoms with Crippen LogP contribution in [0.15, 0.2) is 48.5 Å². The maximum atomic E-state index is 12.2. The topological polar surface area (TPSA) is 64.0 Å². The zero-order chi connectivity index (χ0) is 18.5. The Bertz CT molecular complexity index is 751. The lowest BCUT2D eigenvalue weighted by Crippen LogP contribution is -2.31. The fourth-order valence-corrected chi connectivity index (χ4v) is 3.34. The molecule has 1 saturated heterocycles. The van der Waals surface area contributed by atoms with Gasteiger partial charge >= 0.3 is 0 Å². The zero-order valence-electron chi connectivity index (χ0n) is 14.5. The number of hydroxylamine groups is 2. The summed E-state index contributed by atoms with van der Waals surface area (Å²) in [6, 6.07) is 14.9. The number of benzene rings is 2. The molecule has 2 N–H and O–H groups in total. The van der Waals surface area contributed by atoms with Crippen molar-refractivity contribution in [3.8, 4) is 0 Å². The van der Waals surface area contributed by atoms with Crippen molar-refractivity contribution in [2.45, 2.75) is 25.4 Å². The first-order valence-corrected chi connectivity index (χ1v) is 9.15. The van der Waals surface area contributed by atoms with E-state index in [0.717, 1.165) is 34.8 Å². The van der Waals surface area contributed by atoms with E-state index in [2.05, 4.69) is 4.90 Å². The van der Waals surface area contributed by atoms with Gasteiger partial charge in [-0.2, -0.15) is 0 Å². The lowest BCUT2D eigenvalue weighted by molar-refractivity contribution is -0.164. The molecule has 0 spiro atoms. The van der Waals surface area contributed by atoms with Crippen molar-refractivity contribution in [1.29, 1.82) is 0 Å². The SMILES string of the molecule is O=C(Cc1ccc(Cl)cc1)N(O)CCc1ccccc1N1CC[C@H](O)C1. The number of carbonyl (C=O) groups excluding carboxylic acids is 1. The molecule has 1 amide bonds. The first-order chi connectivity index (χ1) is 12.5. The second kappa shape index (κ2) is 8.54. The molecule has 1 aliphatic heterocycles. The summed E-state index contributed by atoms with van der Waals surface area (Å²) in [5.41, 5.74) is 2.92. The molecule has 2 aromatic rings. The Kier molecular flexibility index (Phi) is 6.14. The second-order valence-corrected chi connectivity index (χ2v) is 7.02. The lowest BCUT2D eigenvalue weighted by atomic mass is 10.1. The molecule has 6 heteroatoms. The van der Waals surface area contributed by atoms with Gasteiger partial charge in [0.25, 0.3) is 0 Å². The predicted octanol–water partition coefficient (Wildman–Crippen LogP) is 2.91. The molecule has 1 atom stereocenters. The van der Waals surface area contributed by atoms with Gasteiger partial charge in [-0.15, -0.1) is 0 Å². The third-order valence-corrected chi connectivity index (χ3v) is 4.90. The van der Waals surface area contributed by atoms with Crippen LogP contribution in [0.5, 0.6) is 0 Å². The average Bonchev–Trinajstić information content (AvgIpc) is 3.08. The van der Waals surface area contributed by atoms with Gasteiger partial charge in [-0.25, -0.2) is 5.06 Å². The summed E-state index contributed by atoms with van der Waals surface area (Å²) >= 11 is 5.84. The number of aliphatic hydroxyl groups is 1. The Morgan fingerprint density at radius 2 is 1.92 bits per heavy atom. The van der Waals surface area contributed by atoms with Crippen LogP contribution in [0, 0.1) is 0 Å². The molecule has 138 valence electrons. The Labute approximate surface area is 158 Å². The number of hydrogen-bond donors (Lipinski definition) is 2. The van der Waals surface area contributed by atoms with Crippen LogP contribution >= 0.6 is 11.6 Å². The number of halogens is 1. The highest BCUT2D eigenvalue weighted by Crippen LogP contribution is 2.25. The number of amides is 1. The fourth-order valence-electron chi connectivity index (χ4n) is 3.21. The minimum Gasteiger partial charge on any atom is -0.391 e. The van der Waals surface area contributed by atoms with Crippen molar-refractivity contribution >= 4 is 23.2 Å². The molecule has 0 saturated carbocycles. The molecule has 5 nitrogen and oxygen atoms in total. The standard InChI is InChI=1S/C20H23ClN2O3/c21-17-7-5-15(6-8-17)13-20(25)23(26)12-9-16-3-1-2-4-19(16)22-11-10-18(24)14-22/h1-8,18,24,26H,9-14H2/t18-/m0/s1. The van der Waals surface area contributed by atoms with E-state index in [0.29, 0.717) is 18.0 Å². The van der Waals surface area contributed by atoms with E-state index in [4.69, 9.17) is 11.6 Å². The average molecular weight is 375 g/mol. The molecule has 2 aromatic carbocycles. The van der Waals surface area contributed by atoms with Gasteiger partial charge in [0, 0.05) is 23.8 Å². The van der Waals surface area contributed by atoms with Crippen molar-refractivity contribution in [3.63, 3.8) is 0 Å². The third kappa shape index (κ3) is 4.75. The van der Waals surface area contributed by atoms with Gasteiger partial charge in [-0.05, 0) is 42.2 Å². The van der Waals surface area contributed by atoms with Crippen LogP contribution in [-0.4, -0.2) is 47.0 Å². The van der Waals surface area contributed by atoms with E-state index < -0.39 is 0 Å². The molecule has 0 radical (unpaired) electrons. The summed E-state index contributed by atoms with van der Waals surface area (Å²) < 4.78 is 0. The largest absolute Gasteiger partial charge is 0.391 e. The number of anilines is 1. The van der Waals surface area contributed by atoms with Gasteiger partial charge in [0.2, 0.25) is 5.91 Å². The van der Waals surface area contributed by atoms with Crippen LogP contribution in [0.25, 0.3) is 0 Å². The van der Waals surface area contributed by atoms with Gasteiger partial charge < -0.3 is 10.0 Å². The molecule has 1 heterocycles. The summed E-state index contributed by atoms with van der Waals surface area (Å²) in [6.07, 6.45) is 1.15. The maximum Gasteiger partial charge on any atom is 0.250 e.